The second kappa shape index (κ2) is 6.07. The average molecular weight is 274 g/mol. The molecule has 1 saturated carbocycles. The van der Waals surface area contributed by atoms with Gasteiger partial charge in [-0.25, -0.2) is 0 Å². The van der Waals surface area contributed by atoms with Gasteiger partial charge in [0.15, 0.2) is 0 Å². The first-order valence-electron chi connectivity index (χ1n) is 7.12. The van der Waals surface area contributed by atoms with E-state index in [1.807, 2.05) is 32.0 Å². The molecule has 0 aromatic heterocycles. The highest BCUT2D eigenvalue weighted by atomic mass is 16.2. The molecule has 0 radical (unpaired) electrons. The first-order valence-corrected chi connectivity index (χ1v) is 7.12. The highest BCUT2D eigenvalue weighted by molar-refractivity contribution is 5.92. The van der Waals surface area contributed by atoms with Gasteiger partial charge in [-0.1, -0.05) is 6.07 Å². The molecule has 1 fully saturated rings. The third-order valence-electron chi connectivity index (χ3n) is 3.69. The first kappa shape index (κ1) is 14.6. The van der Waals surface area contributed by atoms with Crippen molar-refractivity contribution in [2.75, 3.05) is 11.4 Å². The normalized spacial score (nSPS) is 13.9. The molecule has 0 heterocycles. The van der Waals surface area contributed by atoms with Gasteiger partial charge in [0, 0.05) is 31.6 Å². The lowest BCUT2D eigenvalue weighted by Crippen LogP contribution is -2.34. The van der Waals surface area contributed by atoms with Gasteiger partial charge in [0.1, 0.15) is 0 Å². The van der Waals surface area contributed by atoms with Crippen molar-refractivity contribution >= 4 is 17.5 Å². The lowest BCUT2D eigenvalue weighted by Gasteiger charge is -2.22. The number of benzene rings is 1. The maximum Gasteiger partial charge on any atom is 0.223 e. The Morgan fingerprint density at radius 1 is 1.25 bits per heavy atom. The molecule has 0 saturated heterocycles. The number of hydrogen-bond donors (Lipinski definition) is 1. The van der Waals surface area contributed by atoms with Crippen LogP contribution in [0.1, 0.15) is 37.3 Å². The number of hydrogen-bond acceptors (Lipinski definition) is 2. The largest absolute Gasteiger partial charge is 0.353 e. The Kier molecular flexibility index (Phi) is 4.42. The van der Waals surface area contributed by atoms with Crippen LogP contribution in [0.15, 0.2) is 18.2 Å². The van der Waals surface area contributed by atoms with Gasteiger partial charge < -0.3 is 10.2 Å². The van der Waals surface area contributed by atoms with Crippen LogP contribution in [0.5, 0.6) is 0 Å². The van der Waals surface area contributed by atoms with Crippen molar-refractivity contribution < 1.29 is 9.59 Å². The molecule has 0 atom stereocenters. The highest BCUT2D eigenvalue weighted by Crippen LogP contribution is 2.20. The summed E-state index contributed by atoms with van der Waals surface area (Å²) in [5.41, 5.74) is 3.21. The fourth-order valence-corrected chi connectivity index (χ4v) is 2.10. The molecular formula is C16H22N2O2. The highest BCUT2D eigenvalue weighted by Gasteiger charge is 2.23. The lowest BCUT2D eigenvalue weighted by molar-refractivity contribution is -0.121. The summed E-state index contributed by atoms with van der Waals surface area (Å²) in [4.78, 5) is 25.2. The summed E-state index contributed by atoms with van der Waals surface area (Å²) < 4.78 is 0. The number of aryl methyl sites for hydroxylation is 2. The fraction of sp³-hybridized carbons (Fsp3) is 0.500. The molecular weight excluding hydrogens is 252 g/mol. The minimum atomic E-state index is -0.0347. The van der Waals surface area contributed by atoms with Gasteiger partial charge in [-0.15, -0.1) is 0 Å². The van der Waals surface area contributed by atoms with Crippen LogP contribution in [0.25, 0.3) is 0 Å². The van der Waals surface area contributed by atoms with Crippen LogP contribution in [0.3, 0.4) is 0 Å². The SMILES string of the molecule is CC(=O)N(CCC(=O)NC1CC1)c1ccc(C)c(C)c1. The van der Waals surface area contributed by atoms with E-state index in [0.29, 0.717) is 19.0 Å². The van der Waals surface area contributed by atoms with Crippen LogP contribution < -0.4 is 10.2 Å². The smallest absolute Gasteiger partial charge is 0.223 e. The Bertz CT molecular complexity index is 521. The van der Waals surface area contributed by atoms with E-state index in [0.717, 1.165) is 24.1 Å². The van der Waals surface area contributed by atoms with Gasteiger partial charge in [-0.05, 0) is 49.9 Å². The van der Waals surface area contributed by atoms with E-state index in [4.69, 9.17) is 0 Å². The van der Waals surface area contributed by atoms with Crippen LogP contribution in [0.2, 0.25) is 0 Å². The molecule has 0 spiro atoms. The zero-order chi connectivity index (χ0) is 14.7. The molecule has 1 aliphatic carbocycles. The monoisotopic (exact) mass is 274 g/mol. The van der Waals surface area contributed by atoms with Crippen LogP contribution in [-0.2, 0) is 9.59 Å². The average Bonchev–Trinajstić information content (AvgIpc) is 3.17. The summed E-state index contributed by atoms with van der Waals surface area (Å²) in [6.45, 7) is 6.03. The molecule has 1 aromatic carbocycles. The standard InChI is InChI=1S/C16H22N2O2/c1-11-4-7-15(10-12(11)2)18(13(3)19)9-8-16(20)17-14-5-6-14/h4,7,10,14H,5-6,8-9H2,1-3H3,(H,17,20). The van der Waals surface area contributed by atoms with Crippen molar-refractivity contribution in [2.24, 2.45) is 0 Å². The minimum Gasteiger partial charge on any atom is -0.353 e. The number of nitrogens with one attached hydrogen (secondary N) is 1. The van der Waals surface area contributed by atoms with E-state index in [1.54, 1.807) is 4.90 Å². The molecule has 1 N–H and O–H groups in total. The summed E-state index contributed by atoms with van der Waals surface area (Å²) in [5.74, 6) is -0.00458. The molecule has 0 aliphatic heterocycles. The fourth-order valence-electron chi connectivity index (χ4n) is 2.10. The van der Waals surface area contributed by atoms with Gasteiger partial charge in [0.2, 0.25) is 11.8 Å². The number of rotatable bonds is 5. The van der Waals surface area contributed by atoms with E-state index in [-0.39, 0.29) is 11.8 Å². The van der Waals surface area contributed by atoms with Gasteiger partial charge in [0.05, 0.1) is 0 Å². The molecule has 1 aromatic rings. The number of anilines is 1. The summed E-state index contributed by atoms with van der Waals surface area (Å²) in [6, 6.07) is 6.30. The molecule has 4 nitrogen and oxygen atoms in total. The molecule has 2 amide bonds. The van der Waals surface area contributed by atoms with Crippen molar-refractivity contribution in [3.05, 3.63) is 29.3 Å². The van der Waals surface area contributed by atoms with Gasteiger partial charge >= 0.3 is 0 Å². The maximum atomic E-state index is 11.8. The lowest BCUT2D eigenvalue weighted by atomic mass is 10.1. The maximum absolute atomic E-state index is 11.8. The Hall–Kier alpha value is -1.84. The van der Waals surface area contributed by atoms with Crippen molar-refractivity contribution in [3.8, 4) is 0 Å². The summed E-state index contributed by atoms with van der Waals surface area (Å²) in [7, 11) is 0. The third-order valence-corrected chi connectivity index (χ3v) is 3.69. The quantitative estimate of drug-likeness (QED) is 0.896. The van der Waals surface area contributed by atoms with Crippen molar-refractivity contribution in [3.63, 3.8) is 0 Å². The van der Waals surface area contributed by atoms with E-state index in [9.17, 15) is 9.59 Å². The first-order chi connectivity index (χ1) is 9.47. The van der Waals surface area contributed by atoms with E-state index in [2.05, 4.69) is 5.32 Å². The predicted octanol–water partition coefficient (Wildman–Crippen LogP) is 2.33. The van der Waals surface area contributed by atoms with Crippen LogP contribution in [0.4, 0.5) is 5.69 Å². The Balaban J connectivity index is 2.00. The molecule has 0 unspecified atom stereocenters. The van der Waals surface area contributed by atoms with Gasteiger partial charge in [0.25, 0.3) is 0 Å². The molecule has 2 rings (SSSR count). The zero-order valence-corrected chi connectivity index (χ0v) is 12.4. The van der Waals surface area contributed by atoms with Gasteiger partial charge in [-0.2, -0.15) is 0 Å². The second-order valence-electron chi connectivity index (χ2n) is 5.53. The molecule has 1 aliphatic rings. The predicted molar refractivity (Wildman–Crippen MR) is 79.7 cm³/mol. The molecule has 108 valence electrons. The molecule has 20 heavy (non-hydrogen) atoms. The van der Waals surface area contributed by atoms with Crippen LogP contribution in [-0.4, -0.2) is 24.4 Å². The van der Waals surface area contributed by atoms with E-state index < -0.39 is 0 Å². The minimum absolute atomic E-state index is 0.0302. The van der Waals surface area contributed by atoms with Crippen LogP contribution in [0, 0.1) is 13.8 Å². The third kappa shape index (κ3) is 3.83. The molecule has 0 bridgehead atoms. The summed E-state index contributed by atoms with van der Waals surface area (Å²) in [5, 5.41) is 2.94. The van der Waals surface area contributed by atoms with Crippen molar-refractivity contribution in [1.29, 1.82) is 0 Å². The van der Waals surface area contributed by atoms with E-state index >= 15 is 0 Å². The topological polar surface area (TPSA) is 49.4 Å². The van der Waals surface area contributed by atoms with Crippen LogP contribution >= 0.6 is 0 Å². The Labute approximate surface area is 120 Å². The molecule has 4 heteroatoms. The van der Waals surface area contributed by atoms with Crippen molar-refractivity contribution in [1.82, 2.24) is 5.32 Å². The van der Waals surface area contributed by atoms with Crippen molar-refractivity contribution in [2.45, 2.75) is 46.1 Å². The Morgan fingerprint density at radius 2 is 1.95 bits per heavy atom. The number of amides is 2. The van der Waals surface area contributed by atoms with E-state index in [1.165, 1.54) is 12.5 Å². The number of nitrogens with zero attached hydrogens (tertiary/aromatic N) is 1. The Morgan fingerprint density at radius 3 is 2.50 bits per heavy atom. The zero-order valence-electron chi connectivity index (χ0n) is 12.4. The summed E-state index contributed by atoms with van der Waals surface area (Å²) >= 11 is 0. The second-order valence-corrected chi connectivity index (χ2v) is 5.53. The van der Waals surface area contributed by atoms with Gasteiger partial charge in [-0.3, -0.25) is 9.59 Å². The number of carbonyl (C=O) groups is 2. The number of carbonyl (C=O) groups excluding carboxylic acids is 2. The summed E-state index contributed by atoms with van der Waals surface area (Å²) in [6.07, 6.45) is 2.52.